The van der Waals surface area contributed by atoms with Crippen molar-refractivity contribution in [1.29, 1.82) is 0 Å². The van der Waals surface area contributed by atoms with E-state index in [1.54, 1.807) is 0 Å². The zero-order valence-electron chi connectivity index (χ0n) is 11.9. The van der Waals surface area contributed by atoms with E-state index in [4.69, 9.17) is 4.74 Å². The molecule has 0 aromatic carbocycles. The van der Waals surface area contributed by atoms with E-state index < -0.39 is 0 Å². The van der Waals surface area contributed by atoms with Crippen molar-refractivity contribution in [2.24, 2.45) is 29.6 Å². The smallest absolute Gasteiger partial charge is 0.0919 e. The average Bonchev–Trinajstić information content (AvgIpc) is 3.14. The average molecular weight is 248 g/mol. The van der Waals surface area contributed by atoms with Crippen LogP contribution in [0.2, 0.25) is 0 Å². The minimum Gasteiger partial charge on any atom is -0.498 e. The SMILES string of the molecule is C=C(OCC1CCC2CC2C1)C1CCCC(C)C1. The molecule has 3 aliphatic carbocycles. The highest BCUT2D eigenvalue weighted by atomic mass is 16.5. The minimum absolute atomic E-state index is 0.644. The fraction of sp³-hybridized carbons (Fsp3) is 0.882. The number of rotatable bonds is 4. The molecule has 102 valence electrons. The van der Waals surface area contributed by atoms with Gasteiger partial charge in [-0.25, -0.2) is 0 Å². The van der Waals surface area contributed by atoms with Gasteiger partial charge in [-0.1, -0.05) is 26.3 Å². The summed E-state index contributed by atoms with van der Waals surface area (Å²) < 4.78 is 6.04. The van der Waals surface area contributed by atoms with Crippen LogP contribution in [0.5, 0.6) is 0 Å². The summed E-state index contributed by atoms with van der Waals surface area (Å²) >= 11 is 0. The van der Waals surface area contributed by atoms with Gasteiger partial charge in [-0.3, -0.25) is 0 Å². The molecule has 18 heavy (non-hydrogen) atoms. The maximum absolute atomic E-state index is 6.04. The lowest BCUT2D eigenvalue weighted by Crippen LogP contribution is -2.20. The molecule has 3 rings (SSSR count). The zero-order valence-corrected chi connectivity index (χ0v) is 11.9. The number of ether oxygens (including phenoxy) is 1. The standard InChI is InChI=1S/C17H28O/c1-12-4-3-5-15(8-12)13(2)18-11-14-6-7-16-10-17(16)9-14/h12,14-17H,2-11H2,1H3. The van der Waals surface area contributed by atoms with E-state index in [2.05, 4.69) is 13.5 Å². The second kappa shape index (κ2) is 5.27. The molecule has 0 amide bonds. The quantitative estimate of drug-likeness (QED) is 0.651. The summed E-state index contributed by atoms with van der Waals surface area (Å²) in [6, 6.07) is 0. The van der Waals surface area contributed by atoms with Crippen molar-refractivity contribution in [2.75, 3.05) is 6.61 Å². The Morgan fingerprint density at radius 1 is 1.06 bits per heavy atom. The highest BCUT2D eigenvalue weighted by Crippen LogP contribution is 2.51. The molecular weight excluding hydrogens is 220 g/mol. The molecule has 0 saturated heterocycles. The van der Waals surface area contributed by atoms with Gasteiger partial charge in [0.25, 0.3) is 0 Å². The van der Waals surface area contributed by atoms with Gasteiger partial charge >= 0.3 is 0 Å². The summed E-state index contributed by atoms with van der Waals surface area (Å²) in [6.45, 7) is 7.52. The maximum Gasteiger partial charge on any atom is 0.0919 e. The second-order valence-electron chi connectivity index (χ2n) is 7.18. The molecule has 5 atom stereocenters. The topological polar surface area (TPSA) is 9.23 Å². The van der Waals surface area contributed by atoms with Gasteiger partial charge in [-0.15, -0.1) is 0 Å². The summed E-state index contributed by atoms with van der Waals surface area (Å²) in [4.78, 5) is 0. The van der Waals surface area contributed by atoms with Crippen molar-refractivity contribution in [1.82, 2.24) is 0 Å². The molecular formula is C17H28O. The van der Waals surface area contributed by atoms with Crippen molar-refractivity contribution in [2.45, 2.75) is 58.3 Å². The number of fused-ring (bicyclic) bond motifs is 1. The summed E-state index contributed by atoms with van der Waals surface area (Å²) in [5.41, 5.74) is 0. The summed E-state index contributed by atoms with van der Waals surface area (Å²) in [5.74, 6) is 5.60. The molecule has 3 saturated carbocycles. The lowest BCUT2D eigenvalue weighted by Gasteiger charge is -2.29. The van der Waals surface area contributed by atoms with Crippen molar-refractivity contribution in [3.8, 4) is 0 Å². The molecule has 0 bridgehead atoms. The van der Waals surface area contributed by atoms with Gasteiger partial charge in [-0.2, -0.15) is 0 Å². The molecule has 0 aromatic rings. The first-order valence-corrected chi connectivity index (χ1v) is 8.04. The summed E-state index contributed by atoms with van der Waals surface area (Å²) in [6.07, 6.45) is 11.2. The van der Waals surface area contributed by atoms with Crippen molar-refractivity contribution in [3.05, 3.63) is 12.3 Å². The van der Waals surface area contributed by atoms with Gasteiger partial charge in [-0.05, 0) is 62.2 Å². The van der Waals surface area contributed by atoms with Crippen LogP contribution in [0.1, 0.15) is 58.3 Å². The van der Waals surface area contributed by atoms with Crippen LogP contribution in [0, 0.1) is 29.6 Å². The molecule has 0 N–H and O–H groups in total. The third-order valence-electron chi connectivity index (χ3n) is 5.55. The van der Waals surface area contributed by atoms with E-state index in [0.717, 1.165) is 36.0 Å². The van der Waals surface area contributed by atoms with E-state index in [-0.39, 0.29) is 0 Å². The Balaban J connectivity index is 1.40. The Morgan fingerprint density at radius 3 is 2.72 bits per heavy atom. The first-order valence-electron chi connectivity index (χ1n) is 8.04. The number of allylic oxidation sites excluding steroid dienone is 1. The van der Waals surface area contributed by atoms with Gasteiger partial charge in [0.05, 0.1) is 12.4 Å². The zero-order chi connectivity index (χ0) is 12.5. The number of hydrogen-bond donors (Lipinski definition) is 0. The lowest BCUT2D eigenvalue weighted by molar-refractivity contribution is 0.105. The first-order chi connectivity index (χ1) is 8.72. The van der Waals surface area contributed by atoms with Gasteiger partial charge in [0.15, 0.2) is 0 Å². The predicted molar refractivity (Wildman–Crippen MR) is 75.2 cm³/mol. The van der Waals surface area contributed by atoms with Crippen LogP contribution in [0.4, 0.5) is 0 Å². The highest BCUT2D eigenvalue weighted by Gasteiger charge is 2.42. The van der Waals surface area contributed by atoms with E-state index >= 15 is 0 Å². The van der Waals surface area contributed by atoms with Crippen LogP contribution in [-0.2, 0) is 4.74 Å². The molecule has 0 radical (unpaired) electrons. The molecule has 0 aromatic heterocycles. The van der Waals surface area contributed by atoms with E-state index in [1.807, 2.05) is 0 Å². The predicted octanol–water partition coefficient (Wildman–Crippen LogP) is 4.78. The maximum atomic E-state index is 6.04. The molecule has 1 nitrogen and oxygen atoms in total. The lowest BCUT2D eigenvalue weighted by atomic mass is 9.81. The van der Waals surface area contributed by atoms with E-state index in [9.17, 15) is 0 Å². The third kappa shape index (κ3) is 2.92. The fourth-order valence-corrected chi connectivity index (χ4v) is 4.17. The molecule has 3 aliphatic rings. The monoisotopic (exact) mass is 248 g/mol. The van der Waals surface area contributed by atoms with Gasteiger partial charge in [0.2, 0.25) is 0 Å². The van der Waals surface area contributed by atoms with Crippen LogP contribution in [0.25, 0.3) is 0 Å². The van der Waals surface area contributed by atoms with Crippen LogP contribution in [-0.4, -0.2) is 6.61 Å². The Bertz CT molecular complexity index is 309. The third-order valence-corrected chi connectivity index (χ3v) is 5.55. The van der Waals surface area contributed by atoms with Crippen LogP contribution in [0.15, 0.2) is 12.3 Å². The van der Waals surface area contributed by atoms with Crippen LogP contribution in [0.3, 0.4) is 0 Å². The van der Waals surface area contributed by atoms with E-state index in [0.29, 0.717) is 5.92 Å². The van der Waals surface area contributed by atoms with Crippen LogP contribution >= 0.6 is 0 Å². The van der Waals surface area contributed by atoms with Crippen LogP contribution < -0.4 is 0 Å². The minimum atomic E-state index is 0.644. The summed E-state index contributed by atoms with van der Waals surface area (Å²) in [7, 11) is 0. The van der Waals surface area contributed by atoms with Crippen molar-refractivity contribution < 1.29 is 4.74 Å². The first kappa shape index (κ1) is 12.6. The van der Waals surface area contributed by atoms with Crippen molar-refractivity contribution in [3.63, 3.8) is 0 Å². The van der Waals surface area contributed by atoms with Gasteiger partial charge in [0.1, 0.15) is 0 Å². The van der Waals surface area contributed by atoms with Gasteiger partial charge < -0.3 is 4.74 Å². The Morgan fingerprint density at radius 2 is 1.94 bits per heavy atom. The Kier molecular flexibility index (Phi) is 3.68. The highest BCUT2D eigenvalue weighted by molar-refractivity contribution is 4.96. The van der Waals surface area contributed by atoms with E-state index in [1.165, 1.54) is 51.4 Å². The number of hydrogen-bond acceptors (Lipinski definition) is 1. The second-order valence-corrected chi connectivity index (χ2v) is 7.18. The molecule has 0 spiro atoms. The molecule has 5 unspecified atom stereocenters. The molecule has 3 fully saturated rings. The Labute approximate surface area is 112 Å². The van der Waals surface area contributed by atoms with Gasteiger partial charge in [0, 0.05) is 5.92 Å². The Hall–Kier alpha value is -0.460. The largest absolute Gasteiger partial charge is 0.498 e. The molecule has 0 aliphatic heterocycles. The van der Waals surface area contributed by atoms with Crippen molar-refractivity contribution >= 4 is 0 Å². The summed E-state index contributed by atoms with van der Waals surface area (Å²) in [5, 5.41) is 0. The molecule has 1 heteroatoms. The molecule has 0 heterocycles. The normalized spacial score (nSPS) is 43.1. The fourth-order valence-electron chi connectivity index (χ4n) is 4.17.